The van der Waals surface area contributed by atoms with Crippen molar-refractivity contribution in [1.82, 2.24) is 10.2 Å². The highest BCUT2D eigenvalue weighted by Gasteiger charge is 2.27. The van der Waals surface area contributed by atoms with Gasteiger partial charge < -0.3 is 14.6 Å². The molecular formula is C14H22N2O2. The van der Waals surface area contributed by atoms with Crippen molar-refractivity contribution in [3.63, 3.8) is 0 Å². The van der Waals surface area contributed by atoms with Crippen LogP contribution in [0.4, 0.5) is 0 Å². The molecule has 1 fully saturated rings. The number of hydrogen-bond acceptors (Lipinski definition) is 3. The lowest BCUT2D eigenvalue weighted by molar-refractivity contribution is -0.133. The molecule has 0 saturated carbocycles. The molecular weight excluding hydrogens is 228 g/mol. The molecule has 1 aromatic rings. The molecule has 1 amide bonds. The number of furan rings is 1. The molecule has 2 rings (SSSR count). The smallest absolute Gasteiger partial charge is 0.223 e. The number of nitrogens with zero attached hydrogens (tertiary/aromatic N) is 1. The SMILES string of the molecule is CNC1CCN(C(=O)CCc2ccco2)CC1C. The first-order chi connectivity index (χ1) is 8.70. The molecule has 2 unspecified atom stereocenters. The van der Waals surface area contributed by atoms with Gasteiger partial charge in [0.25, 0.3) is 0 Å². The normalized spacial score (nSPS) is 24.2. The summed E-state index contributed by atoms with van der Waals surface area (Å²) in [5.41, 5.74) is 0. The van der Waals surface area contributed by atoms with Gasteiger partial charge in [0.1, 0.15) is 5.76 Å². The second-order valence-corrected chi connectivity index (χ2v) is 5.08. The van der Waals surface area contributed by atoms with E-state index in [2.05, 4.69) is 12.2 Å². The van der Waals surface area contributed by atoms with E-state index in [0.717, 1.165) is 25.3 Å². The molecule has 100 valence electrons. The molecule has 1 aliphatic rings. The Hall–Kier alpha value is -1.29. The summed E-state index contributed by atoms with van der Waals surface area (Å²) in [6, 6.07) is 4.32. The summed E-state index contributed by atoms with van der Waals surface area (Å²) in [6.07, 6.45) is 3.95. The maximum absolute atomic E-state index is 12.1. The standard InChI is InChI=1S/C14H22N2O2/c1-11-10-16(8-7-13(11)15-2)14(17)6-5-12-4-3-9-18-12/h3-4,9,11,13,15H,5-8,10H2,1-2H3. The molecule has 1 saturated heterocycles. The number of likely N-dealkylation sites (tertiary alicyclic amines) is 1. The Kier molecular flexibility index (Phi) is 4.42. The van der Waals surface area contributed by atoms with Gasteiger partial charge in [0.15, 0.2) is 0 Å². The minimum Gasteiger partial charge on any atom is -0.469 e. The number of amides is 1. The van der Waals surface area contributed by atoms with Crippen LogP contribution in [-0.4, -0.2) is 37.0 Å². The molecule has 1 aliphatic heterocycles. The lowest BCUT2D eigenvalue weighted by Gasteiger charge is -2.36. The van der Waals surface area contributed by atoms with Crippen LogP contribution in [-0.2, 0) is 11.2 Å². The van der Waals surface area contributed by atoms with Gasteiger partial charge in [-0.05, 0) is 31.5 Å². The highest BCUT2D eigenvalue weighted by Crippen LogP contribution is 2.17. The number of nitrogens with one attached hydrogen (secondary N) is 1. The largest absolute Gasteiger partial charge is 0.469 e. The second kappa shape index (κ2) is 6.05. The van der Waals surface area contributed by atoms with Crippen molar-refractivity contribution in [3.05, 3.63) is 24.2 Å². The zero-order valence-corrected chi connectivity index (χ0v) is 11.2. The predicted octanol–water partition coefficient (Wildman–Crippen LogP) is 1.67. The van der Waals surface area contributed by atoms with Gasteiger partial charge >= 0.3 is 0 Å². The fourth-order valence-electron chi connectivity index (χ4n) is 2.64. The number of carbonyl (C=O) groups excluding carboxylic acids is 1. The van der Waals surface area contributed by atoms with Gasteiger partial charge in [0.2, 0.25) is 5.91 Å². The summed E-state index contributed by atoms with van der Waals surface area (Å²) in [7, 11) is 2.00. The minimum absolute atomic E-state index is 0.243. The molecule has 18 heavy (non-hydrogen) atoms. The first kappa shape index (κ1) is 13.1. The van der Waals surface area contributed by atoms with Gasteiger partial charge in [-0.2, -0.15) is 0 Å². The van der Waals surface area contributed by atoms with E-state index >= 15 is 0 Å². The molecule has 4 heteroatoms. The fraction of sp³-hybridized carbons (Fsp3) is 0.643. The summed E-state index contributed by atoms with van der Waals surface area (Å²) in [5.74, 6) is 1.66. The van der Waals surface area contributed by atoms with E-state index < -0.39 is 0 Å². The topological polar surface area (TPSA) is 45.5 Å². The summed E-state index contributed by atoms with van der Waals surface area (Å²) in [4.78, 5) is 14.1. The van der Waals surface area contributed by atoms with Crippen LogP contribution >= 0.6 is 0 Å². The Morgan fingerprint density at radius 2 is 2.44 bits per heavy atom. The second-order valence-electron chi connectivity index (χ2n) is 5.08. The Morgan fingerprint density at radius 1 is 1.61 bits per heavy atom. The van der Waals surface area contributed by atoms with Crippen LogP contribution in [0.25, 0.3) is 0 Å². The Labute approximate surface area is 108 Å². The van der Waals surface area contributed by atoms with Crippen molar-refractivity contribution in [3.8, 4) is 0 Å². The van der Waals surface area contributed by atoms with Crippen LogP contribution in [0.5, 0.6) is 0 Å². The summed E-state index contributed by atoms with van der Waals surface area (Å²) < 4.78 is 5.25. The Balaban J connectivity index is 1.79. The number of rotatable bonds is 4. The zero-order valence-electron chi connectivity index (χ0n) is 11.2. The van der Waals surface area contributed by atoms with Crippen LogP contribution in [0, 0.1) is 5.92 Å². The Bertz CT molecular complexity index is 375. The third-order valence-electron chi connectivity index (χ3n) is 3.79. The monoisotopic (exact) mass is 250 g/mol. The first-order valence-corrected chi connectivity index (χ1v) is 6.68. The van der Waals surface area contributed by atoms with E-state index in [1.54, 1.807) is 6.26 Å². The molecule has 1 N–H and O–H groups in total. The third-order valence-corrected chi connectivity index (χ3v) is 3.79. The summed E-state index contributed by atoms with van der Waals surface area (Å²) in [5, 5.41) is 3.31. The van der Waals surface area contributed by atoms with Crippen molar-refractivity contribution in [2.45, 2.75) is 32.2 Å². The van der Waals surface area contributed by atoms with E-state index in [4.69, 9.17) is 4.42 Å². The predicted molar refractivity (Wildman–Crippen MR) is 70.2 cm³/mol. The van der Waals surface area contributed by atoms with E-state index in [9.17, 15) is 4.79 Å². The maximum Gasteiger partial charge on any atom is 0.223 e. The molecule has 0 aliphatic carbocycles. The van der Waals surface area contributed by atoms with E-state index in [-0.39, 0.29) is 5.91 Å². The molecule has 0 aromatic carbocycles. The van der Waals surface area contributed by atoms with Crippen LogP contribution in [0.1, 0.15) is 25.5 Å². The maximum atomic E-state index is 12.1. The van der Waals surface area contributed by atoms with Crippen LogP contribution in [0.3, 0.4) is 0 Å². The number of carbonyl (C=O) groups is 1. The van der Waals surface area contributed by atoms with E-state index in [1.165, 1.54) is 0 Å². The van der Waals surface area contributed by atoms with Crippen LogP contribution < -0.4 is 5.32 Å². The third kappa shape index (κ3) is 3.13. The lowest BCUT2D eigenvalue weighted by atomic mass is 9.94. The highest BCUT2D eigenvalue weighted by atomic mass is 16.3. The molecule has 0 bridgehead atoms. The average Bonchev–Trinajstić information content (AvgIpc) is 2.89. The molecule has 4 nitrogen and oxygen atoms in total. The quantitative estimate of drug-likeness (QED) is 0.884. The van der Waals surface area contributed by atoms with Crippen molar-refractivity contribution in [2.75, 3.05) is 20.1 Å². The molecule has 2 atom stereocenters. The fourth-order valence-corrected chi connectivity index (χ4v) is 2.64. The van der Waals surface area contributed by atoms with Crippen molar-refractivity contribution in [1.29, 1.82) is 0 Å². The van der Waals surface area contributed by atoms with E-state index in [1.807, 2.05) is 24.1 Å². The van der Waals surface area contributed by atoms with Gasteiger partial charge in [-0.15, -0.1) is 0 Å². The average molecular weight is 250 g/mol. The summed E-state index contributed by atoms with van der Waals surface area (Å²) in [6.45, 7) is 3.93. The molecule has 0 radical (unpaired) electrons. The van der Waals surface area contributed by atoms with Crippen molar-refractivity contribution in [2.24, 2.45) is 5.92 Å². The van der Waals surface area contributed by atoms with E-state index in [0.29, 0.717) is 24.8 Å². The zero-order chi connectivity index (χ0) is 13.0. The molecule has 2 heterocycles. The van der Waals surface area contributed by atoms with Crippen LogP contribution in [0.15, 0.2) is 22.8 Å². The summed E-state index contributed by atoms with van der Waals surface area (Å²) >= 11 is 0. The number of piperidine rings is 1. The van der Waals surface area contributed by atoms with Gasteiger partial charge in [0.05, 0.1) is 6.26 Å². The number of aryl methyl sites for hydroxylation is 1. The van der Waals surface area contributed by atoms with Crippen molar-refractivity contribution >= 4 is 5.91 Å². The van der Waals surface area contributed by atoms with Crippen LogP contribution in [0.2, 0.25) is 0 Å². The van der Waals surface area contributed by atoms with Gasteiger partial charge in [0, 0.05) is 32.0 Å². The molecule has 0 spiro atoms. The number of hydrogen-bond donors (Lipinski definition) is 1. The van der Waals surface area contributed by atoms with Gasteiger partial charge in [-0.3, -0.25) is 4.79 Å². The Morgan fingerprint density at radius 3 is 3.06 bits per heavy atom. The lowest BCUT2D eigenvalue weighted by Crippen LogP contribution is -2.49. The van der Waals surface area contributed by atoms with Crippen molar-refractivity contribution < 1.29 is 9.21 Å². The first-order valence-electron chi connectivity index (χ1n) is 6.68. The minimum atomic E-state index is 0.243. The van der Waals surface area contributed by atoms with Gasteiger partial charge in [-0.1, -0.05) is 6.92 Å². The highest BCUT2D eigenvalue weighted by molar-refractivity contribution is 5.76. The van der Waals surface area contributed by atoms with Gasteiger partial charge in [-0.25, -0.2) is 0 Å². The molecule has 1 aromatic heterocycles.